The summed E-state index contributed by atoms with van der Waals surface area (Å²) in [6.45, 7) is 0.350. The Morgan fingerprint density at radius 3 is 2.59 bits per heavy atom. The molecule has 1 aliphatic carbocycles. The number of aromatic hydroxyl groups is 1. The van der Waals surface area contributed by atoms with Crippen molar-refractivity contribution in [3.8, 4) is 5.75 Å². The summed E-state index contributed by atoms with van der Waals surface area (Å²) in [4.78, 5) is 26.3. The Bertz CT molecular complexity index is 1370. The van der Waals surface area contributed by atoms with Gasteiger partial charge >= 0.3 is 0 Å². The molecule has 2 aromatic carbocycles. The number of halogens is 2. The number of hydrogen-bond donors (Lipinski definition) is 1. The summed E-state index contributed by atoms with van der Waals surface area (Å²) in [6.07, 6.45) is 2.78. The maximum atomic E-state index is 14.9. The summed E-state index contributed by atoms with van der Waals surface area (Å²) in [5, 5.41) is 12.4. The van der Waals surface area contributed by atoms with Crippen molar-refractivity contribution in [2.24, 2.45) is 5.41 Å². The molecule has 0 saturated heterocycles. The van der Waals surface area contributed by atoms with Crippen LogP contribution in [0.1, 0.15) is 46.1 Å². The molecular formula is C24H18F2N2O3S. The molecule has 1 N–H and O–H groups in total. The molecule has 5 nitrogen and oxygen atoms in total. The Balaban J connectivity index is 1.65. The number of fused-ring (bicyclic) bond motifs is 3. The fourth-order valence-electron chi connectivity index (χ4n) is 4.89. The summed E-state index contributed by atoms with van der Waals surface area (Å²) in [6, 6.07) is 11.1. The van der Waals surface area contributed by atoms with E-state index in [2.05, 4.69) is 0 Å². The molecule has 0 bridgehead atoms. The number of carbonyl (C=O) groups is 1. The van der Waals surface area contributed by atoms with Crippen molar-refractivity contribution in [3.63, 3.8) is 0 Å². The molecule has 0 amide bonds. The zero-order valence-electron chi connectivity index (χ0n) is 16.8. The van der Waals surface area contributed by atoms with E-state index < -0.39 is 34.3 Å². The van der Waals surface area contributed by atoms with E-state index in [1.807, 2.05) is 29.3 Å². The number of pyridine rings is 1. The Labute approximate surface area is 186 Å². The predicted octanol–water partition coefficient (Wildman–Crippen LogP) is 4.14. The van der Waals surface area contributed by atoms with E-state index in [-0.39, 0.29) is 22.8 Å². The summed E-state index contributed by atoms with van der Waals surface area (Å²) >= 11 is 1.44. The molecule has 0 radical (unpaired) electrons. The third-order valence-corrected chi connectivity index (χ3v) is 7.87. The van der Waals surface area contributed by atoms with Crippen LogP contribution >= 0.6 is 11.8 Å². The number of Topliss-reactive ketones (excluding diaryl/α,β-unsaturated/α-hetero) is 1. The van der Waals surface area contributed by atoms with Crippen LogP contribution < -0.4 is 10.4 Å². The first-order chi connectivity index (χ1) is 15.4. The summed E-state index contributed by atoms with van der Waals surface area (Å²) in [7, 11) is 0. The zero-order chi connectivity index (χ0) is 22.2. The molecule has 6 rings (SSSR count). The van der Waals surface area contributed by atoms with Crippen molar-refractivity contribution in [2.45, 2.75) is 29.5 Å². The van der Waals surface area contributed by atoms with E-state index in [0.29, 0.717) is 24.9 Å². The summed E-state index contributed by atoms with van der Waals surface area (Å²) in [5.41, 5.74) is 0.447. The number of ketones is 1. The maximum absolute atomic E-state index is 14.9. The molecule has 8 heteroatoms. The van der Waals surface area contributed by atoms with E-state index in [9.17, 15) is 23.5 Å². The van der Waals surface area contributed by atoms with E-state index in [1.54, 1.807) is 6.07 Å². The van der Waals surface area contributed by atoms with E-state index in [0.717, 1.165) is 16.5 Å². The van der Waals surface area contributed by atoms with E-state index in [1.165, 1.54) is 28.7 Å². The van der Waals surface area contributed by atoms with Crippen LogP contribution in [0, 0.1) is 17.0 Å². The van der Waals surface area contributed by atoms with Crippen LogP contribution in [0.5, 0.6) is 5.75 Å². The van der Waals surface area contributed by atoms with Crippen LogP contribution in [0.4, 0.5) is 8.78 Å². The average molecular weight is 452 g/mol. The lowest BCUT2D eigenvalue weighted by molar-refractivity contribution is 0.0856. The first-order valence-corrected chi connectivity index (χ1v) is 11.3. The monoisotopic (exact) mass is 452 g/mol. The number of hydrogen-bond acceptors (Lipinski definition) is 5. The van der Waals surface area contributed by atoms with Crippen LogP contribution in [0.15, 0.2) is 58.4 Å². The van der Waals surface area contributed by atoms with Gasteiger partial charge in [-0.3, -0.25) is 19.3 Å². The number of carbonyl (C=O) groups excluding carboxylic acids is 1. The second-order valence-corrected chi connectivity index (χ2v) is 9.60. The van der Waals surface area contributed by atoms with Gasteiger partial charge in [-0.05, 0) is 36.1 Å². The highest BCUT2D eigenvalue weighted by Gasteiger charge is 2.56. The third kappa shape index (κ3) is 2.62. The Morgan fingerprint density at radius 2 is 1.81 bits per heavy atom. The van der Waals surface area contributed by atoms with E-state index >= 15 is 0 Å². The highest BCUT2D eigenvalue weighted by molar-refractivity contribution is 7.98. The Hall–Kier alpha value is -3.13. The van der Waals surface area contributed by atoms with Gasteiger partial charge in [0.1, 0.15) is 0 Å². The number of nitrogens with zero attached hydrogens (tertiary/aromatic N) is 2. The minimum Gasteiger partial charge on any atom is -0.503 e. The van der Waals surface area contributed by atoms with Crippen LogP contribution in [-0.4, -0.2) is 22.1 Å². The molecule has 1 unspecified atom stereocenters. The van der Waals surface area contributed by atoms with Gasteiger partial charge in [0.05, 0.1) is 11.5 Å². The fourth-order valence-corrected chi connectivity index (χ4v) is 6.00. The van der Waals surface area contributed by atoms with Crippen molar-refractivity contribution in [3.05, 3.63) is 92.9 Å². The zero-order valence-corrected chi connectivity index (χ0v) is 17.7. The van der Waals surface area contributed by atoms with Crippen molar-refractivity contribution in [2.75, 3.05) is 11.6 Å². The van der Waals surface area contributed by atoms with Gasteiger partial charge in [0.25, 0.3) is 0 Å². The highest BCUT2D eigenvalue weighted by Crippen LogP contribution is 2.54. The average Bonchev–Trinajstić information content (AvgIpc) is 3.58. The predicted molar refractivity (Wildman–Crippen MR) is 116 cm³/mol. The molecule has 3 aromatic rings. The first kappa shape index (κ1) is 19.5. The van der Waals surface area contributed by atoms with Crippen molar-refractivity contribution in [1.29, 1.82) is 0 Å². The van der Waals surface area contributed by atoms with Crippen LogP contribution in [-0.2, 0) is 5.75 Å². The molecule has 1 fully saturated rings. The van der Waals surface area contributed by atoms with Gasteiger partial charge in [0, 0.05) is 35.0 Å². The minimum atomic E-state index is -0.900. The molecule has 3 aliphatic rings. The van der Waals surface area contributed by atoms with Gasteiger partial charge in [-0.15, -0.1) is 11.8 Å². The molecule has 1 aromatic heterocycles. The number of benzene rings is 2. The second-order valence-electron chi connectivity index (χ2n) is 8.59. The van der Waals surface area contributed by atoms with E-state index in [4.69, 9.17) is 0 Å². The first-order valence-electron chi connectivity index (χ1n) is 10.4. The van der Waals surface area contributed by atoms with Crippen molar-refractivity contribution < 1.29 is 18.7 Å². The summed E-state index contributed by atoms with van der Waals surface area (Å²) < 4.78 is 30.6. The smallest absolute Gasteiger partial charge is 0.224 e. The standard InChI is InChI=1S/C24H18F2N2O3S/c25-16-6-5-13-15(19(16)26)11-32-18-4-2-1-3-14(18)20(13)28-12-24(8-9-24)23(31)21-22(30)17(29)7-10-27(21)28/h1-7,10,20,30H,8-9,11-12H2. The van der Waals surface area contributed by atoms with Crippen LogP contribution in [0.25, 0.3) is 0 Å². The van der Waals surface area contributed by atoms with Crippen molar-refractivity contribution in [1.82, 2.24) is 4.68 Å². The molecular weight excluding hydrogens is 434 g/mol. The Morgan fingerprint density at radius 1 is 1.03 bits per heavy atom. The lowest BCUT2D eigenvalue weighted by Gasteiger charge is -2.43. The summed E-state index contributed by atoms with van der Waals surface area (Å²) in [5.74, 6) is -2.32. The van der Waals surface area contributed by atoms with Crippen LogP contribution in [0.2, 0.25) is 0 Å². The molecule has 32 heavy (non-hydrogen) atoms. The minimum absolute atomic E-state index is 0.0419. The quantitative estimate of drug-likeness (QED) is 0.601. The SMILES string of the molecule is O=C1c2c(O)c(=O)ccn2N(C2c3ccccc3SCc3c2ccc(F)c3F)CC12CC2. The normalized spacial score (nSPS) is 20.4. The van der Waals surface area contributed by atoms with Gasteiger partial charge in [0.2, 0.25) is 5.43 Å². The molecule has 162 valence electrons. The fraction of sp³-hybridized carbons (Fsp3) is 0.250. The van der Waals surface area contributed by atoms with Gasteiger partial charge < -0.3 is 5.11 Å². The number of aromatic nitrogens is 1. The number of rotatable bonds is 1. The van der Waals surface area contributed by atoms with Crippen molar-refractivity contribution >= 4 is 17.5 Å². The molecule has 3 heterocycles. The van der Waals surface area contributed by atoms with Gasteiger partial charge in [-0.2, -0.15) is 0 Å². The largest absolute Gasteiger partial charge is 0.503 e. The second kappa shape index (κ2) is 6.68. The molecule has 1 saturated carbocycles. The lowest BCUT2D eigenvalue weighted by atomic mass is 9.89. The maximum Gasteiger partial charge on any atom is 0.224 e. The molecule has 1 atom stereocenters. The van der Waals surface area contributed by atoms with Gasteiger partial charge in [0.15, 0.2) is 28.9 Å². The van der Waals surface area contributed by atoms with Gasteiger partial charge in [-0.1, -0.05) is 24.3 Å². The highest BCUT2D eigenvalue weighted by atomic mass is 32.2. The topological polar surface area (TPSA) is 62.5 Å². The molecule has 2 aliphatic heterocycles. The molecule has 1 spiro atoms. The third-order valence-electron chi connectivity index (χ3n) is 6.76. The van der Waals surface area contributed by atoms with Crippen LogP contribution in [0.3, 0.4) is 0 Å². The number of thioether (sulfide) groups is 1. The van der Waals surface area contributed by atoms with Gasteiger partial charge in [-0.25, -0.2) is 8.78 Å². The Kier molecular flexibility index (Phi) is 4.08. The lowest BCUT2D eigenvalue weighted by Crippen LogP contribution is -2.51.